The van der Waals surface area contributed by atoms with E-state index in [1.54, 1.807) is 18.3 Å². The van der Waals surface area contributed by atoms with Gasteiger partial charge in [-0.1, -0.05) is 12.1 Å². The predicted molar refractivity (Wildman–Crippen MR) is 95.5 cm³/mol. The van der Waals surface area contributed by atoms with E-state index in [0.717, 1.165) is 17.0 Å². The molecule has 1 aromatic carbocycles. The molecule has 5 nitrogen and oxygen atoms in total. The minimum absolute atomic E-state index is 0.0473. The number of rotatable bonds is 5. The normalized spacial score (nSPS) is 13.2. The highest BCUT2D eigenvalue weighted by Gasteiger charge is 2.19. The molecule has 0 saturated heterocycles. The summed E-state index contributed by atoms with van der Waals surface area (Å²) in [6.45, 7) is 7.00. The molecular formula is C19H24FN5. The SMILES string of the molecule is Cn1ccnc1C(NCc1cnn(C(C)(C)C)c1)c1ccc(F)cc1. The van der Waals surface area contributed by atoms with E-state index >= 15 is 0 Å². The summed E-state index contributed by atoms with van der Waals surface area (Å²) >= 11 is 0. The van der Waals surface area contributed by atoms with Gasteiger partial charge in [-0.25, -0.2) is 9.37 Å². The number of nitrogens with one attached hydrogen (secondary N) is 1. The van der Waals surface area contributed by atoms with E-state index in [-0.39, 0.29) is 17.4 Å². The van der Waals surface area contributed by atoms with Crippen LogP contribution in [0.3, 0.4) is 0 Å². The van der Waals surface area contributed by atoms with E-state index < -0.39 is 0 Å². The summed E-state index contributed by atoms with van der Waals surface area (Å²) in [5.74, 6) is 0.642. The van der Waals surface area contributed by atoms with Gasteiger partial charge in [-0.3, -0.25) is 10.00 Å². The lowest BCUT2D eigenvalue weighted by Gasteiger charge is -2.20. The second-order valence-electron chi connectivity index (χ2n) is 7.23. The third-order valence-corrected chi connectivity index (χ3v) is 4.15. The average molecular weight is 341 g/mol. The summed E-state index contributed by atoms with van der Waals surface area (Å²) in [6, 6.07) is 6.41. The monoisotopic (exact) mass is 341 g/mol. The molecule has 2 heterocycles. The van der Waals surface area contributed by atoms with Crippen LogP contribution in [0.1, 0.15) is 43.8 Å². The van der Waals surface area contributed by atoms with Gasteiger partial charge in [-0.15, -0.1) is 0 Å². The molecule has 0 bridgehead atoms. The van der Waals surface area contributed by atoms with Gasteiger partial charge in [0.2, 0.25) is 0 Å². The van der Waals surface area contributed by atoms with Crippen molar-refractivity contribution in [2.45, 2.75) is 38.9 Å². The fourth-order valence-electron chi connectivity index (χ4n) is 2.71. The Labute approximate surface area is 147 Å². The Bertz CT molecular complexity index is 826. The summed E-state index contributed by atoms with van der Waals surface area (Å²) in [5, 5.41) is 7.96. The standard InChI is InChI=1S/C19H24FN5/c1-19(2,3)25-13-14(12-23-25)11-22-17(18-21-9-10-24(18)4)15-5-7-16(20)8-6-15/h5-10,12-13,17,22H,11H2,1-4H3. The highest BCUT2D eigenvalue weighted by molar-refractivity contribution is 5.26. The van der Waals surface area contributed by atoms with Gasteiger partial charge in [0.25, 0.3) is 0 Å². The minimum atomic E-state index is -0.242. The molecule has 0 amide bonds. The van der Waals surface area contributed by atoms with E-state index in [2.05, 4.69) is 36.2 Å². The van der Waals surface area contributed by atoms with Crippen molar-refractivity contribution in [3.05, 3.63) is 71.8 Å². The van der Waals surface area contributed by atoms with Crippen LogP contribution in [0, 0.1) is 5.82 Å². The van der Waals surface area contributed by atoms with Crippen LogP contribution >= 0.6 is 0 Å². The second-order valence-corrected chi connectivity index (χ2v) is 7.23. The molecule has 0 radical (unpaired) electrons. The second kappa shape index (κ2) is 6.80. The number of benzene rings is 1. The first-order chi connectivity index (χ1) is 11.8. The summed E-state index contributed by atoms with van der Waals surface area (Å²) in [7, 11) is 1.96. The molecule has 132 valence electrons. The number of nitrogens with zero attached hydrogens (tertiary/aromatic N) is 4. The van der Waals surface area contributed by atoms with E-state index in [0.29, 0.717) is 6.54 Å². The average Bonchev–Trinajstić information content (AvgIpc) is 3.18. The van der Waals surface area contributed by atoms with Crippen LogP contribution in [0.2, 0.25) is 0 Å². The van der Waals surface area contributed by atoms with Crippen LogP contribution in [0.5, 0.6) is 0 Å². The zero-order valence-corrected chi connectivity index (χ0v) is 15.1. The predicted octanol–water partition coefficient (Wildman–Crippen LogP) is 3.39. The van der Waals surface area contributed by atoms with Crippen molar-refractivity contribution in [3.8, 4) is 0 Å². The lowest BCUT2D eigenvalue weighted by molar-refractivity contribution is 0.355. The lowest BCUT2D eigenvalue weighted by atomic mass is 10.1. The zero-order chi connectivity index (χ0) is 18.0. The molecule has 25 heavy (non-hydrogen) atoms. The smallest absolute Gasteiger partial charge is 0.130 e. The first-order valence-corrected chi connectivity index (χ1v) is 8.34. The first kappa shape index (κ1) is 17.4. The Hall–Kier alpha value is -2.47. The van der Waals surface area contributed by atoms with Crippen LogP contribution in [0.25, 0.3) is 0 Å². The molecule has 1 N–H and O–H groups in total. The molecule has 3 rings (SSSR count). The van der Waals surface area contributed by atoms with E-state index in [1.165, 1.54) is 12.1 Å². The van der Waals surface area contributed by atoms with Gasteiger partial charge < -0.3 is 4.57 Å². The summed E-state index contributed by atoms with van der Waals surface area (Å²) in [5.41, 5.74) is 2.02. The van der Waals surface area contributed by atoms with Gasteiger partial charge >= 0.3 is 0 Å². The Kier molecular flexibility index (Phi) is 4.72. The van der Waals surface area contributed by atoms with Crippen LogP contribution in [0.4, 0.5) is 4.39 Å². The third-order valence-electron chi connectivity index (χ3n) is 4.15. The van der Waals surface area contributed by atoms with Crippen molar-refractivity contribution < 1.29 is 4.39 Å². The molecule has 6 heteroatoms. The van der Waals surface area contributed by atoms with Crippen LogP contribution in [0.15, 0.2) is 49.1 Å². The Morgan fingerprint density at radius 3 is 2.48 bits per heavy atom. The van der Waals surface area contributed by atoms with Crippen molar-refractivity contribution in [2.75, 3.05) is 0 Å². The quantitative estimate of drug-likeness (QED) is 0.774. The molecule has 0 spiro atoms. The van der Waals surface area contributed by atoms with Crippen molar-refractivity contribution >= 4 is 0 Å². The number of hydrogen-bond donors (Lipinski definition) is 1. The molecule has 0 aliphatic heterocycles. The Morgan fingerprint density at radius 2 is 1.92 bits per heavy atom. The molecular weight excluding hydrogens is 317 g/mol. The minimum Gasteiger partial charge on any atom is -0.336 e. The highest BCUT2D eigenvalue weighted by atomic mass is 19.1. The molecule has 1 unspecified atom stereocenters. The third kappa shape index (κ3) is 3.96. The fourth-order valence-corrected chi connectivity index (χ4v) is 2.71. The molecule has 1 atom stereocenters. The van der Waals surface area contributed by atoms with E-state index in [9.17, 15) is 4.39 Å². The number of halogens is 1. The van der Waals surface area contributed by atoms with Gasteiger partial charge in [0.1, 0.15) is 11.6 Å². The topological polar surface area (TPSA) is 47.7 Å². The maximum absolute atomic E-state index is 13.3. The van der Waals surface area contributed by atoms with Gasteiger partial charge in [0, 0.05) is 37.7 Å². The van der Waals surface area contributed by atoms with Gasteiger partial charge in [-0.05, 0) is 38.5 Å². The summed E-state index contributed by atoms with van der Waals surface area (Å²) in [6.07, 6.45) is 7.60. The summed E-state index contributed by atoms with van der Waals surface area (Å²) in [4.78, 5) is 4.46. The number of hydrogen-bond acceptors (Lipinski definition) is 3. The van der Waals surface area contributed by atoms with Crippen LogP contribution in [-0.2, 0) is 19.1 Å². The van der Waals surface area contributed by atoms with Crippen molar-refractivity contribution in [2.24, 2.45) is 7.05 Å². The van der Waals surface area contributed by atoms with Crippen LogP contribution < -0.4 is 5.32 Å². The fraction of sp³-hybridized carbons (Fsp3) is 0.368. The Balaban J connectivity index is 1.82. The number of aromatic nitrogens is 4. The largest absolute Gasteiger partial charge is 0.336 e. The number of imidazole rings is 1. The molecule has 0 saturated carbocycles. The van der Waals surface area contributed by atoms with Gasteiger partial charge in [0.05, 0.1) is 17.8 Å². The molecule has 3 aromatic rings. The molecule has 0 aliphatic rings. The van der Waals surface area contributed by atoms with Gasteiger partial charge in [-0.2, -0.15) is 5.10 Å². The van der Waals surface area contributed by atoms with Crippen molar-refractivity contribution in [1.82, 2.24) is 24.6 Å². The maximum Gasteiger partial charge on any atom is 0.130 e. The molecule has 0 fully saturated rings. The zero-order valence-electron chi connectivity index (χ0n) is 15.1. The summed E-state index contributed by atoms with van der Waals surface area (Å²) < 4.78 is 17.2. The first-order valence-electron chi connectivity index (χ1n) is 8.34. The van der Waals surface area contributed by atoms with Crippen molar-refractivity contribution in [1.29, 1.82) is 0 Å². The van der Waals surface area contributed by atoms with E-state index in [4.69, 9.17) is 0 Å². The van der Waals surface area contributed by atoms with Crippen LogP contribution in [-0.4, -0.2) is 19.3 Å². The van der Waals surface area contributed by atoms with Crippen molar-refractivity contribution in [3.63, 3.8) is 0 Å². The molecule has 2 aromatic heterocycles. The highest BCUT2D eigenvalue weighted by Crippen LogP contribution is 2.22. The maximum atomic E-state index is 13.3. The Morgan fingerprint density at radius 1 is 1.20 bits per heavy atom. The van der Waals surface area contributed by atoms with Gasteiger partial charge in [0.15, 0.2) is 0 Å². The molecule has 0 aliphatic carbocycles. The van der Waals surface area contributed by atoms with E-state index in [1.807, 2.05) is 34.9 Å². The lowest BCUT2D eigenvalue weighted by Crippen LogP contribution is -2.25. The number of aryl methyl sites for hydroxylation is 1.